The number of aryl methyl sites for hydroxylation is 3. The van der Waals surface area contributed by atoms with Gasteiger partial charge in [-0.25, -0.2) is 4.79 Å². The molecule has 4 rings (SSSR count). The van der Waals surface area contributed by atoms with Crippen molar-refractivity contribution in [2.75, 3.05) is 13.1 Å². The largest absolute Gasteiger partial charge is 0.337 e. The van der Waals surface area contributed by atoms with E-state index in [2.05, 4.69) is 26.6 Å². The first kappa shape index (κ1) is 18.2. The smallest absolute Gasteiger partial charge is 0.317 e. The first-order chi connectivity index (χ1) is 13.5. The monoisotopic (exact) mass is 380 g/mol. The molecule has 1 aromatic carbocycles. The van der Waals surface area contributed by atoms with Crippen molar-refractivity contribution in [1.82, 2.24) is 30.1 Å². The number of urea groups is 1. The van der Waals surface area contributed by atoms with Crippen molar-refractivity contribution in [3.63, 3.8) is 0 Å². The fraction of sp³-hybridized carbons (Fsp3) is 0.400. The van der Waals surface area contributed by atoms with E-state index in [0.717, 1.165) is 28.9 Å². The zero-order chi connectivity index (χ0) is 19.7. The van der Waals surface area contributed by atoms with Crippen molar-refractivity contribution in [3.8, 4) is 11.4 Å². The maximum Gasteiger partial charge on any atom is 0.317 e. The Morgan fingerprint density at radius 1 is 1.29 bits per heavy atom. The van der Waals surface area contributed by atoms with E-state index >= 15 is 0 Å². The Morgan fingerprint density at radius 3 is 2.86 bits per heavy atom. The number of amides is 2. The van der Waals surface area contributed by atoms with Crippen molar-refractivity contribution in [2.24, 2.45) is 0 Å². The van der Waals surface area contributed by atoms with Gasteiger partial charge in [0.1, 0.15) is 0 Å². The van der Waals surface area contributed by atoms with Gasteiger partial charge in [-0.05, 0) is 38.8 Å². The van der Waals surface area contributed by atoms with E-state index in [-0.39, 0.29) is 18.6 Å². The molecule has 8 nitrogen and oxygen atoms in total. The third kappa shape index (κ3) is 3.62. The number of aromatic nitrogens is 4. The van der Waals surface area contributed by atoms with E-state index in [4.69, 9.17) is 4.52 Å². The third-order valence-electron chi connectivity index (χ3n) is 5.09. The highest BCUT2D eigenvalue weighted by Gasteiger charge is 2.28. The number of hydrogen-bond donors (Lipinski definition) is 1. The van der Waals surface area contributed by atoms with Crippen LogP contribution in [0, 0.1) is 20.8 Å². The minimum Gasteiger partial charge on any atom is -0.337 e. The summed E-state index contributed by atoms with van der Waals surface area (Å²) in [7, 11) is 0. The number of benzene rings is 1. The number of carbonyl (C=O) groups excluding carboxylic acids is 1. The Hall–Kier alpha value is -3.16. The Kier molecular flexibility index (Phi) is 4.85. The van der Waals surface area contributed by atoms with Gasteiger partial charge in [-0.1, -0.05) is 29.4 Å². The predicted molar refractivity (Wildman–Crippen MR) is 104 cm³/mol. The Labute approximate surface area is 163 Å². The van der Waals surface area contributed by atoms with Crippen LogP contribution in [0.1, 0.15) is 35.3 Å². The SMILES string of the molecule is Cc1cc(C)n([C@@H]2CCN(C(=O)NCc3nc(-c4ccccc4C)no3)C2)n1. The second-order valence-electron chi connectivity index (χ2n) is 7.25. The van der Waals surface area contributed by atoms with Crippen LogP contribution >= 0.6 is 0 Å². The topological polar surface area (TPSA) is 89.1 Å². The molecule has 0 saturated carbocycles. The van der Waals surface area contributed by atoms with Gasteiger partial charge < -0.3 is 14.7 Å². The van der Waals surface area contributed by atoms with Crippen molar-refractivity contribution in [2.45, 2.75) is 39.8 Å². The molecule has 0 spiro atoms. The normalized spacial score (nSPS) is 16.5. The van der Waals surface area contributed by atoms with Crippen LogP contribution in [-0.2, 0) is 6.54 Å². The van der Waals surface area contributed by atoms with E-state index in [0.29, 0.717) is 24.8 Å². The first-order valence-corrected chi connectivity index (χ1v) is 9.45. The standard InChI is InChI=1S/C20H24N6O2/c1-13-6-4-5-7-17(13)19-22-18(28-24-19)11-21-20(27)25-9-8-16(12-25)26-15(3)10-14(2)23-26/h4-7,10,16H,8-9,11-12H2,1-3H3,(H,21,27)/t16-/m1/s1. The van der Waals surface area contributed by atoms with E-state index in [9.17, 15) is 4.79 Å². The minimum absolute atomic E-state index is 0.125. The molecule has 28 heavy (non-hydrogen) atoms. The number of rotatable bonds is 4. The van der Waals surface area contributed by atoms with Gasteiger partial charge in [0, 0.05) is 24.3 Å². The third-order valence-corrected chi connectivity index (χ3v) is 5.09. The second-order valence-corrected chi connectivity index (χ2v) is 7.25. The number of nitrogens with zero attached hydrogens (tertiary/aromatic N) is 5. The summed E-state index contributed by atoms with van der Waals surface area (Å²) in [4.78, 5) is 18.7. The maximum atomic E-state index is 12.5. The Bertz CT molecular complexity index is 992. The summed E-state index contributed by atoms with van der Waals surface area (Å²) in [6.07, 6.45) is 0.896. The number of carbonyl (C=O) groups is 1. The molecule has 1 saturated heterocycles. The van der Waals surface area contributed by atoms with Crippen LogP contribution in [-0.4, -0.2) is 43.9 Å². The highest BCUT2D eigenvalue weighted by atomic mass is 16.5. The van der Waals surface area contributed by atoms with Crippen molar-refractivity contribution in [3.05, 3.63) is 53.2 Å². The summed E-state index contributed by atoms with van der Waals surface area (Å²) in [5.41, 5.74) is 4.13. The van der Waals surface area contributed by atoms with Gasteiger partial charge in [-0.15, -0.1) is 0 Å². The molecular formula is C20H24N6O2. The lowest BCUT2D eigenvalue weighted by atomic mass is 10.1. The van der Waals surface area contributed by atoms with Gasteiger partial charge in [-0.3, -0.25) is 4.68 Å². The molecule has 1 aliphatic heterocycles. The van der Waals surface area contributed by atoms with Crippen molar-refractivity contribution >= 4 is 6.03 Å². The average Bonchev–Trinajstić information content (AvgIpc) is 3.40. The Balaban J connectivity index is 1.34. The van der Waals surface area contributed by atoms with E-state index in [1.165, 1.54) is 0 Å². The highest BCUT2D eigenvalue weighted by molar-refractivity contribution is 5.74. The molecule has 0 bridgehead atoms. The predicted octanol–water partition coefficient (Wildman–Crippen LogP) is 3.01. The number of hydrogen-bond acceptors (Lipinski definition) is 5. The summed E-state index contributed by atoms with van der Waals surface area (Å²) < 4.78 is 7.31. The summed E-state index contributed by atoms with van der Waals surface area (Å²) in [5.74, 6) is 0.925. The summed E-state index contributed by atoms with van der Waals surface area (Å²) in [5, 5.41) is 11.4. The van der Waals surface area contributed by atoms with Crippen molar-refractivity contribution < 1.29 is 9.32 Å². The molecule has 2 aromatic heterocycles. The van der Waals surface area contributed by atoms with Crippen LogP contribution in [0.15, 0.2) is 34.9 Å². The summed E-state index contributed by atoms with van der Waals surface area (Å²) in [6.45, 7) is 7.58. The van der Waals surface area contributed by atoms with Gasteiger partial charge in [-0.2, -0.15) is 10.1 Å². The summed E-state index contributed by atoms with van der Waals surface area (Å²) >= 11 is 0. The lowest BCUT2D eigenvalue weighted by Gasteiger charge is -2.17. The van der Waals surface area contributed by atoms with Crippen LogP contribution in [0.5, 0.6) is 0 Å². The molecule has 1 aliphatic rings. The zero-order valence-electron chi connectivity index (χ0n) is 16.3. The van der Waals surface area contributed by atoms with Gasteiger partial charge in [0.05, 0.1) is 18.3 Å². The zero-order valence-corrected chi connectivity index (χ0v) is 16.3. The molecule has 0 radical (unpaired) electrons. The fourth-order valence-corrected chi connectivity index (χ4v) is 3.66. The molecule has 146 valence electrons. The molecule has 8 heteroatoms. The quantitative estimate of drug-likeness (QED) is 0.751. The fourth-order valence-electron chi connectivity index (χ4n) is 3.66. The molecule has 1 atom stereocenters. The van der Waals surface area contributed by atoms with E-state index in [1.54, 1.807) is 4.90 Å². The summed E-state index contributed by atoms with van der Waals surface area (Å²) in [6, 6.07) is 10.0. The molecule has 0 aliphatic carbocycles. The molecular weight excluding hydrogens is 356 g/mol. The lowest BCUT2D eigenvalue weighted by Crippen LogP contribution is -2.38. The van der Waals surface area contributed by atoms with Crippen molar-refractivity contribution in [1.29, 1.82) is 0 Å². The average molecular weight is 380 g/mol. The molecule has 0 unspecified atom stereocenters. The second kappa shape index (κ2) is 7.46. The van der Waals surface area contributed by atoms with Crippen LogP contribution in [0.4, 0.5) is 4.79 Å². The van der Waals surface area contributed by atoms with Gasteiger partial charge in [0.15, 0.2) is 0 Å². The van der Waals surface area contributed by atoms with Gasteiger partial charge in [0.2, 0.25) is 11.7 Å². The first-order valence-electron chi connectivity index (χ1n) is 9.45. The van der Waals surface area contributed by atoms with Gasteiger partial charge in [0.25, 0.3) is 0 Å². The van der Waals surface area contributed by atoms with E-state index < -0.39 is 0 Å². The van der Waals surface area contributed by atoms with Crippen LogP contribution in [0.3, 0.4) is 0 Å². The molecule has 1 N–H and O–H groups in total. The van der Waals surface area contributed by atoms with Crippen LogP contribution in [0.25, 0.3) is 11.4 Å². The molecule has 3 heterocycles. The minimum atomic E-state index is -0.125. The Morgan fingerprint density at radius 2 is 2.11 bits per heavy atom. The lowest BCUT2D eigenvalue weighted by molar-refractivity contribution is 0.204. The van der Waals surface area contributed by atoms with Crippen LogP contribution < -0.4 is 5.32 Å². The number of likely N-dealkylation sites (tertiary alicyclic amines) is 1. The highest BCUT2D eigenvalue weighted by Crippen LogP contribution is 2.23. The molecule has 1 fully saturated rings. The number of nitrogens with one attached hydrogen (secondary N) is 1. The van der Waals surface area contributed by atoms with Crippen LogP contribution in [0.2, 0.25) is 0 Å². The molecule has 2 amide bonds. The maximum absolute atomic E-state index is 12.5. The van der Waals surface area contributed by atoms with Gasteiger partial charge >= 0.3 is 6.03 Å². The molecule has 3 aromatic rings. The van der Waals surface area contributed by atoms with E-state index in [1.807, 2.05) is 49.7 Å².